The maximum absolute atomic E-state index is 12.4. The molecule has 1 N–H and O–H groups in total. The fourth-order valence-corrected chi connectivity index (χ4v) is 3.13. The summed E-state index contributed by atoms with van der Waals surface area (Å²) in [6.45, 7) is 2.45. The number of hydrogen-bond donors (Lipinski definition) is 1. The van der Waals surface area contributed by atoms with Crippen LogP contribution in [0.2, 0.25) is 0 Å². The van der Waals surface area contributed by atoms with Gasteiger partial charge in [0.05, 0.1) is 13.7 Å². The molecule has 0 aliphatic rings. The van der Waals surface area contributed by atoms with E-state index < -0.39 is 0 Å². The van der Waals surface area contributed by atoms with Gasteiger partial charge in [-0.25, -0.2) is 0 Å². The standard InChI is InChI=1S/C19H19N3O3S/c1-3-25-16-6-4-5-14(12-16)18(23)20-19-22-21-17(26-19)11-13-7-9-15(24-2)10-8-13/h4-10,12H,3,11H2,1-2H3,(H,20,22,23). The molecule has 0 spiro atoms. The summed E-state index contributed by atoms with van der Waals surface area (Å²) in [6, 6.07) is 14.8. The van der Waals surface area contributed by atoms with E-state index >= 15 is 0 Å². The first-order chi connectivity index (χ1) is 12.7. The first-order valence-electron chi connectivity index (χ1n) is 8.17. The Bertz CT molecular complexity index is 878. The van der Waals surface area contributed by atoms with Crippen LogP contribution in [0.4, 0.5) is 5.13 Å². The predicted molar refractivity (Wildman–Crippen MR) is 101 cm³/mol. The molecule has 0 unspecified atom stereocenters. The van der Waals surface area contributed by atoms with Gasteiger partial charge >= 0.3 is 0 Å². The highest BCUT2D eigenvalue weighted by Crippen LogP contribution is 2.21. The van der Waals surface area contributed by atoms with E-state index in [-0.39, 0.29) is 5.91 Å². The molecule has 134 valence electrons. The zero-order chi connectivity index (χ0) is 18.4. The molecule has 0 aliphatic heterocycles. The van der Waals surface area contributed by atoms with E-state index in [9.17, 15) is 4.79 Å². The zero-order valence-corrected chi connectivity index (χ0v) is 15.4. The van der Waals surface area contributed by atoms with Crippen LogP contribution < -0.4 is 14.8 Å². The SMILES string of the molecule is CCOc1cccc(C(=O)Nc2nnc(Cc3ccc(OC)cc3)s2)c1. The number of ether oxygens (including phenoxy) is 2. The Labute approximate surface area is 155 Å². The van der Waals surface area contributed by atoms with Gasteiger partial charge in [-0.15, -0.1) is 10.2 Å². The molecule has 26 heavy (non-hydrogen) atoms. The average Bonchev–Trinajstić information content (AvgIpc) is 3.09. The van der Waals surface area contributed by atoms with Crippen molar-refractivity contribution in [2.24, 2.45) is 0 Å². The Kier molecular flexibility index (Phi) is 5.80. The summed E-state index contributed by atoms with van der Waals surface area (Å²) in [6.07, 6.45) is 0.650. The van der Waals surface area contributed by atoms with Crippen LogP contribution in [-0.2, 0) is 6.42 Å². The van der Waals surface area contributed by atoms with E-state index in [0.717, 1.165) is 16.3 Å². The van der Waals surface area contributed by atoms with Crippen molar-refractivity contribution in [1.82, 2.24) is 10.2 Å². The Hall–Kier alpha value is -2.93. The number of rotatable bonds is 7. The molecule has 1 amide bonds. The molecule has 1 aromatic heterocycles. The van der Waals surface area contributed by atoms with Crippen molar-refractivity contribution >= 4 is 22.4 Å². The third kappa shape index (κ3) is 4.58. The Morgan fingerprint density at radius 3 is 2.65 bits per heavy atom. The van der Waals surface area contributed by atoms with Gasteiger partial charge in [0.25, 0.3) is 5.91 Å². The summed E-state index contributed by atoms with van der Waals surface area (Å²) in [5.41, 5.74) is 1.62. The Morgan fingerprint density at radius 2 is 1.92 bits per heavy atom. The van der Waals surface area contributed by atoms with E-state index in [4.69, 9.17) is 9.47 Å². The summed E-state index contributed by atoms with van der Waals surface area (Å²) < 4.78 is 10.6. The Morgan fingerprint density at radius 1 is 1.12 bits per heavy atom. The van der Waals surface area contributed by atoms with Crippen molar-refractivity contribution in [3.05, 3.63) is 64.7 Å². The number of amides is 1. The monoisotopic (exact) mass is 369 g/mol. The second-order valence-electron chi connectivity index (χ2n) is 5.44. The minimum absolute atomic E-state index is 0.237. The molecule has 2 aromatic carbocycles. The average molecular weight is 369 g/mol. The normalized spacial score (nSPS) is 10.4. The van der Waals surface area contributed by atoms with Gasteiger partial charge in [-0.1, -0.05) is 29.5 Å². The van der Waals surface area contributed by atoms with Crippen molar-refractivity contribution in [2.75, 3.05) is 19.0 Å². The second-order valence-corrected chi connectivity index (χ2v) is 6.50. The van der Waals surface area contributed by atoms with E-state index in [0.29, 0.717) is 29.5 Å². The van der Waals surface area contributed by atoms with Crippen LogP contribution >= 0.6 is 11.3 Å². The van der Waals surface area contributed by atoms with E-state index in [1.165, 1.54) is 11.3 Å². The maximum Gasteiger partial charge on any atom is 0.257 e. The lowest BCUT2D eigenvalue weighted by atomic mass is 10.1. The largest absolute Gasteiger partial charge is 0.497 e. The van der Waals surface area contributed by atoms with E-state index in [1.807, 2.05) is 37.3 Å². The van der Waals surface area contributed by atoms with Crippen LogP contribution in [0.3, 0.4) is 0 Å². The number of methoxy groups -OCH3 is 1. The first kappa shape index (κ1) is 17.9. The van der Waals surface area contributed by atoms with Crippen LogP contribution in [0.5, 0.6) is 11.5 Å². The zero-order valence-electron chi connectivity index (χ0n) is 14.6. The lowest BCUT2D eigenvalue weighted by Crippen LogP contribution is -2.11. The summed E-state index contributed by atoms with van der Waals surface area (Å²) >= 11 is 1.36. The van der Waals surface area contributed by atoms with Crippen LogP contribution in [0, 0.1) is 0 Å². The topological polar surface area (TPSA) is 73.3 Å². The van der Waals surface area contributed by atoms with Gasteiger partial charge < -0.3 is 9.47 Å². The van der Waals surface area contributed by atoms with Crippen molar-refractivity contribution in [1.29, 1.82) is 0 Å². The van der Waals surface area contributed by atoms with Gasteiger partial charge in [-0.05, 0) is 42.8 Å². The maximum atomic E-state index is 12.4. The lowest BCUT2D eigenvalue weighted by molar-refractivity contribution is 0.102. The van der Waals surface area contributed by atoms with Gasteiger partial charge in [-0.3, -0.25) is 10.1 Å². The highest BCUT2D eigenvalue weighted by molar-refractivity contribution is 7.15. The third-order valence-corrected chi connectivity index (χ3v) is 4.45. The number of hydrogen-bond acceptors (Lipinski definition) is 6. The van der Waals surface area contributed by atoms with Gasteiger partial charge in [0.15, 0.2) is 0 Å². The first-order valence-corrected chi connectivity index (χ1v) is 8.99. The van der Waals surface area contributed by atoms with Gasteiger partial charge in [0.2, 0.25) is 5.13 Å². The second kappa shape index (κ2) is 8.44. The van der Waals surface area contributed by atoms with Crippen LogP contribution in [0.15, 0.2) is 48.5 Å². The molecule has 0 saturated carbocycles. The minimum Gasteiger partial charge on any atom is -0.497 e. The quantitative estimate of drug-likeness (QED) is 0.686. The summed E-state index contributed by atoms with van der Waals surface area (Å²) in [7, 11) is 1.64. The lowest BCUT2D eigenvalue weighted by Gasteiger charge is -2.05. The van der Waals surface area contributed by atoms with Crippen molar-refractivity contribution in [3.8, 4) is 11.5 Å². The highest BCUT2D eigenvalue weighted by Gasteiger charge is 2.11. The number of anilines is 1. The molecule has 0 radical (unpaired) electrons. The third-order valence-electron chi connectivity index (χ3n) is 3.61. The van der Waals surface area contributed by atoms with Crippen molar-refractivity contribution in [3.63, 3.8) is 0 Å². The number of nitrogens with one attached hydrogen (secondary N) is 1. The number of benzene rings is 2. The fourth-order valence-electron chi connectivity index (χ4n) is 2.36. The molecule has 3 rings (SSSR count). The molecule has 6 nitrogen and oxygen atoms in total. The molecule has 0 fully saturated rings. The number of aromatic nitrogens is 2. The summed E-state index contributed by atoms with van der Waals surface area (Å²) in [5.74, 6) is 1.24. The fraction of sp³-hybridized carbons (Fsp3) is 0.211. The summed E-state index contributed by atoms with van der Waals surface area (Å²) in [5, 5.41) is 12.3. The number of nitrogens with zero attached hydrogens (tertiary/aromatic N) is 2. The highest BCUT2D eigenvalue weighted by atomic mass is 32.1. The molecular formula is C19H19N3O3S. The van der Waals surface area contributed by atoms with Gasteiger partial charge in [-0.2, -0.15) is 0 Å². The van der Waals surface area contributed by atoms with E-state index in [1.54, 1.807) is 25.3 Å². The van der Waals surface area contributed by atoms with E-state index in [2.05, 4.69) is 15.5 Å². The van der Waals surface area contributed by atoms with Crippen molar-refractivity contribution in [2.45, 2.75) is 13.3 Å². The molecule has 1 heterocycles. The smallest absolute Gasteiger partial charge is 0.257 e. The number of carbonyl (C=O) groups excluding carboxylic acids is 1. The molecular weight excluding hydrogens is 350 g/mol. The van der Waals surface area contributed by atoms with Crippen molar-refractivity contribution < 1.29 is 14.3 Å². The van der Waals surface area contributed by atoms with Gasteiger partial charge in [0, 0.05) is 12.0 Å². The molecule has 7 heteroatoms. The number of carbonyl (C=O) groups is 1. The molecule has 0 bridgehead atoms. The van der Waals surface area contributed by atoms with Gasteiger partial charge in [0.1, 0.15) is 16.5 Å². The minimum atomic E-state index is -0.237. The van der Waals surface area contributed by atoms with Crippen LogP contribution in [-0.4, -0.2) is 29.8 Å². The summed E-state index contributed by atoms with van der Waals surface area (Å²) in [4.78, 5) is 12.4. The molecule has 3 aromatic rings. The Balaban J connectivity index is 1.64. The van der Waals surface area contributed by atoms with Crippen LogP contribution in [0.25, 0.3) is 0 Å². The van der Waals surface area contributed by atoms with Crippen LogP contribution in [0.1, 0.15) is 27.9 Å². The molecule has 0 aliphatic carbocycles. The predicted octanol–water partition coefficient (Wildman–Crippen LogP) is 3.79. The molecule has 0 atom stereocenters. The molecule has 0 saturated heterocycles.